The summed E-state index contributed by atoms with van der Waals surface area (Å²) in [7, 11) is 0. The third-order valence-electron chi connectivity index (χ3n) is 2.04. The van der Waals surface area contributed by atoms with E-state index in [0.29, 0.717) is 0 Å². The molecule has 0 aliphatic carbocycles. The minimum atomic E-state index is -0.434. The van der Waals surface area contributed by atoms with Gasteiger partial charge in [0.15, 0.2) is 0 Å². The first-order valence-corrected chi connectivity index (χ1v) is 5.29. The second kappa shape index (κ2) is 3.55. The molecule has 2 N–H and O–H groups in total. The molecule has 0 saturated carbocycles. The Bertz CT molecular complexity index is 417. The molecule has 3 nitrogen and oxygen atoms in total. The molecule has 2 aromatic rings. The molecule has 2 aromatic heterocycles. The van der Waals surface area contributed by atoms with E-state index in [-0.39, 0.29) is 0 Å². The summed E-state index contributed by atoms with van der Waals surface area (Å²) in [4.78, 5) is 8.44. The standard InChI is InChI=1S/C10H12N2OS/c1-6-9(7(2)13)14-10(12-6)8-4-3-5-11-8/h3-5,7,11,13H,1-2H3. The average molecular weight is 208 g/mol. The summed E-state index contributed by atoms with van der Waals surface area (Å²) in [5.41, 5.74) is 1.92. The van der Waals surface area contributed by atoms with Gasteiger partial charge >= 0.3 is 0 Å². The number of aliphatic hydroxyl groups excluding tert-OH is 1. The normalized spacial score (nSPS) is 13.1. The molecule has 2 rings (SSSR count). The molecule has 1 unspecified atom stereocenters. The van der Waals surface area contributed by atoms with Crippen molar-refractivity contribution in [2.24, 2.45) is 0 Å². The highest BCUT2D eigenvalue weighted by Crippen LogP contribution is 2.30. The van der Waals surface area contributed by atoms with Gasteiger partial charge in [-0.3, -0.25) is 0 Å². The molecule has 0 aliphatic heterocycles. The molecule has 0 radical (unpaired) electrons. The van der Waals surface area contributed by atoms with Crippen molar-refractivity contribution in [1.29, 1.82) is 0 Å². The first kappa shape index (κ1) is 9.43. The Morgan fingerprint density at radius 2 is 2.36 bits per heavy atom. The van der Waals surface area contributed by atoms with Crippen LogP contribution in [0, 0.1) is 6.92 Å². The van der Waals surface area contributed by atoms with Gasteiger partial charge in [0.25, 0.3) is 0 Å². The van der Waals surface area contributed by atoms with Gasteiger partial charge in [-0.25, -0.2) is 4.98 Å². The van der Waals surface area contributed by atoms with Crippen LogP contribution in [0.4, 0.5) is 0 Å². The molecule has 0 spiro atoms. The number of aryl methyl sites for hydroxylation is 1. The quantitative estimate of drug-likeness (QED) is 0.796. The van der Waals surface area contributed by atoms with Crippen LogP contribution in [0.3, 0.4) is 0 Å². The molecular formula is C10H12N2OS. The zero-order chi connectivity index (χ0) is 10.1. The molecule has 4 heteroatoms. The summed E-state index contributed by atoms with van der Waals surface area (Å²) in [5.74, 6) is 0. The molecule has 1 atom stereocenters. The van der Waals surface area contributed by atoms with Crippen LogP contribution >= 0.6 is 11.3 Å². The van der Waals surface area contributed by atoms with Crippen LogP contribution in [-0.2, 0) is 0 Å². The van der Waals surface area contributed by atoms with Crippen LogP contribution in [0.15, 0.2) is 18.3 Å². The van der Waals surface area contributed by atoms with Gasteiger partial charge in [0, 0.05) is 6.20 Å². The number of H-pyrrole nitrogens is 1. The summed E-state index contributed by atoms with van der Waals surface area (Å²) in [6, 6.07) is 3.91. The maximum atomic E-state index is 9.48. The summed E-state index contributed by atoms with van der Waals surface area (Å²) in [6.07, 6.45) is 1.44. The van der Waals surface area contributed by atoms with Crippen molar-refractivity contribution in [3.63, 3.8) is 0 Å². The van der Waals surface area contributed by atoms with Crippen LogP contribution in [0.5, 0.6) is 0 Å². The van der Waals surface area contributed by atoms with Crippen LogP contribution < -0.4 is 0 Å². The largest absolute Gasteiger partial charge is 0.388 e. The van der Waals surface area contributed by atoms with Crippen LogP contribution in [0.1, 0.15) is 23.6 Å². The molecule has 0 aromatic carbocycles. The van der Waals surface area contributed by atoms with Gasteiger partial charge in [-0.05, 0) is 26.0 Å². The molecule has 74 valence electrons. The lowest BCUT2D eigenvalue weighted by molar-refractivity contribution is 0.202. The predicted molar refractivity (Wildman–Crippen MR) is 57.3 cm³/mol. The van der Waals surface area contributed by atoms with Gasteiger partial charge in [-0.15, -0.1) is 11.3 Å². The average Bonchev–Trinajstić information content (AvgIpc) is 2.70. The highest BCUT2D eigenvalue weighted by molar-refractivity contribution is 7.15. The first-order valence-electron chi connectivity index (χ1n) is 4.47. The molecule has 0 saturated heterocycles. The summed E-state index contributed by atoms with van der Waals surface area (Å²) in [5, 5.41) is 10.4. The number of rotatable bonds is 2. The zero-order valence-corrected chi connectivity index (χ0v) is 8.93. The summed E-state index contributed by atoms with van der Waals surface area (Å²) in [6.45, 7) is 3.68. The topological polar surface area (TPSA) is 48.9 Å². The molecule has 0 fully saturated rings. The Balaban J connectivity index is 2.43. The lowest BCUT2D eigenvalue weighted by Gasteiger charge is -1.98. The second-order valence-electron chi connectivity index (χ2n) is 3.23. The van der Waals surface area contributed by atoms with Crippen molar-refractivity contribution in [3.05, 3.63) is 28.9 Å². The van der Waals surface area contributed by atoms with E-state index in [2.05, 4.69) is 9.97 Å². The highest BCUT2D eigenvalue weighted by Gasteiger charge is 2.13. The van der Waals surface area contributed by atoms with E-state index in [1.165, 1.54) is 11.3 Å². The summed E-state index contributed by atoms with van der Waals surface area (Å²) < 4.78 is 0. The smallest absolute Gasteiger partial charge is 0.140 e. The SMILES string of the molecule is Cc1nc(-c2ccc[nH]2)sc1C(C)O. The number of nitrogens with zero attached hydrogens (tertiary/aromatic N) is 1. The molecule has 0 amide bonds. The minimum absolute atomic E-state index is 0.434. The van der Waals surface area contributed by atoms with E-state index in [4.69, 9.17) is 0 Å². The first-order chi connectivity index (χ1) is 6.68. The highest BCUT2D eigenvalue weighted by atomic mass is 32.1. The minimum Gasteiger partial charge on any atom is -0.388 e. The number of aromatic nitrogens is 2. The molecule has 0 aliphatic rings. The number of hydrogen-bond donors (Lipinski definition) is 2. The maximum Gasteiger partial charge on any atom is 0.140 e. The van der Waals surface area contributed by atoms with Gasteiger partial charge in [0.2, 0.25) is 0 Å². The van der Waals surface area contributed by atoms with Gasteiger partial charge in [-0.1, -0.05) is 0 Å². The Labute approximate surface area is 86.4 Å². The zero-order valence-electron chi connectivity index (χ0n) is 8.11. The van der Waals surface area contributed by atoms with Gasteiger partial charge in [-0.2, -0.15) is 0 Å². The van der Waals surface area contributed by atoms with Crippen LogP contribution in [0.25, 0.3) is 10.7 Å². The number of aliphatic hydroxyl groups is 1. The van der Waals surface area contributed by atoms with Crippen molar-refractivity contribution in [3.8, 4) is 10.7 Å². The maximum absolute atomic E-state index is 9.48. The molecule has 2 heterocycles. The third kappa shape index (κ3) is 1.58. The van der Waals surface area contributed by atoms with Crippen LogP contribution in [-0.4, -0.2) is 15.1 Å². The van der Waals surface area contributed by atoms with Crippen LogP contribution in [0.2, 0.25) is 0 Å². The lowest BCUT2D eigenvalue weighted by atomic mass is 10.3. The van der Waals surface area contributed by atoms with Crippen molar-refractivity contribution in [1.82, 2.24) is 9.97 Å². The van der Waals surface area contributed by atoms with Crippen molar-refractivity contribution < 1.29 is 5.11 Å². The fourth-order valence-electron chi connectivity index (χ4n) is 1.37. The number of thiazole rings is 1. The van der Waals surface area contributed by atoms with Crippen molar-refractivity contribution >= 4 is 11.3 Å². The number of nitrogens with one attached hydrogen (secondary N) is 1. The van der Waals surface area contributed by atoms with Gasteiger partial charge in [0.1, 0.15) is 5.01 Å². The Morgan fingerprint density at radius 3 is 2.86 bits per heavy atom. The monoisotopic (exact) mass is 208 g/mol. The van der Waals surface area contributed by atoms with E-state index in [1.807, 2.05) is 25.3 Å². The van der Waals surface area contributed by atoms with Gasteiger partial charge in [0.05, 0.1) is 22.4 Å². The van der Waals surface area contributed by atoms with Crippen molar-refractivity contribution in [2.75, 3.05) is 0 Å². The predicted octanol–water partition coefficient (Wildman–Crippen LogP) is 2.50. The number of aromatic amines is 1. The fraction of sp³-hybridized carbons (Fsp3) is 0.300. The Hall–Kier alpha value is -1.13. The van der Waals surface area contributed by atoms with E-state index in [1.54, 1.807) is 6.92 Å². The summed E-state index contributed by atoms with van der Waals surface area (Å²) >= 11 is 1.53. The van der Waals surface area contributed by atoms with E-state index in [9.17, 15) is 5.11 Å². The number of hydrogen-bond acceptors (Lipinski definition) is 3. The lowest BCUT2D eigenvalue weighted by Crippen LogP contribution is -1.88. The Kier molecular flexibility index (Phi) is 2.39. The second-order valence-corrected chi connectivity index (χ2v) is 4.26. The van der Waals surface area contributed by atoms with Gasteiger partial charge < -0.3 is 10.1 Å². The molecule has 14 heavy (non-hydrogen) atoms. The molecular weight excluding hydrogens is 196 g/mol. The van der Waals surface area contributed by atoms with E-state index in [0.717, 1.165) is 21.3 Å². The molecule has 0 bridgehead atoms. The third-order valence-corrected chi connectivity index (χ3v) is 3.40. The van der Waals surface area contributed by atoms with E-state index < -0.39 is 6.10 Å². The fourth-order valence-corrected chi connectivity index (χ4v) is 2.37. The van der Waals surface area contributed by atoms with Crippen molar-refractivity contribution in [2.45, 2.75) is 20.0 Å². The Morgan fingerprint density at radius 1 is 1.57 bits per heavy atom. The van der Waals surface area contributed by atoms with E-state index >= 15 is 0 Å².